The number of benzene rings is 2. The molecule has 2 aliphatic heterocycles. The highest BCUT2D eigenvalue weighted by atomic mass is 35.5. The number of Topliss-reactive ketones (excluding diaryl/α,β-unsaturated/α-hetero) is 1. The minimum atomic E-state index is -0.961. The lowest BCUT2D eigenvalue weighted by atomic mass is 9.82. The van der Waals surface area contributed by atoms with Gasteiger partial charge in [-0.2, -0.15) is 0 Å². The van der Waals surface area contributed by atoms with E-state index in [0.29, 0.717) is 31.2 Å². The van der Waals surface area contributed by atoms with Gasteiger partial charge < -0.3 is 14.9 Å². The number of aromatic carboxylic acids is 1. The standard InChI is InChI=1S/C31H38FN3O4.ClH/c32-26-13-11-24(12-14-26)28(36)10-5-17-33-18-15-31(16-19-33)30(39)34(22-35(31)27-8-2-1-3-9-27)21-23-6-4-7-25(20-23)29(37)38;/h4,6-7,11-14,20,27H,1-3,5,8-10,15-19,21-22H2,(H,37,38);1H. The highest BCUT2D eigenvalue weighted by Crippen LogP contribution is 2.41. The van der Waals surface area contributed by atoms with Crippen LogP contribution in [0.4, 0.5) is 4.39 Å². The minimum Gasteiger partial charge on any atom is -0.478 e. The first-order valence-electron chi connectivity index (χ1n) is 14.3. The van der Waals surface area contributed by atoms with E-state index in [9.17, 15) is 23.9 Å². The lowest BCUT2D eigenvalue weighted by Gasteiger charge is -2.46. The molecule has 3 fully saturated rings. The summed E-state index contributed by atoms with van der Waals surface area (Å²) in [4.78, 5) is 44.7. The first-order valence-corrected chi connectivity index (χ1v) is 14.3. The van der Waals surface area contributed by atoms with E-state index in [4.69, 9.17) is 0 Å². The van der Waals surface area contributed by atoms with E-state index in [1.54, 1.807) is 18.2 Å². The normalized spacial score (nSPS) is 20.0. The summed E-state index contributed by atoms with van der Waals surface area (Å²) in [7, 11) is 0. The van der Waals surface area contributed by atoms with Crippen molar-refractivity contribution in [1.82, 2.24) is 14.7 Å². The molecule has 1 aliphatic carbocycles. The fourth-order valence-electron chi connectivity index (χ4n) is 6.69. The molecule has 0 atom stereocenters. The summed E-state index contributed by atoms with van der Waals surface area (Å²) in [5.41, 5.74) is 1.12. The zero-order chi connectivity index (χ0) is 27.4. The average molecular weight is 572 g/mol. The quantitative estimate of drug-likeness (QED) is 0.407. The van der Waals surface area contributed by atoms with Crippen LogP contribution in [-0.2, 0) is 11.3 Å². The van der Waals surface area contributed by atoms with E-state index >= 15 is 0 Å². The van der Waals surface area contributed by atoms with Crippen molar-refractivity contribution in [3.63, 3.8) is 0 Å². The second-order valence-corrected chi connectivity index (χ2v) is 11.3. The predicted octanol–water partition coefficient (Wildman–Crippen LogP) is 5.38. The molecule has 1 N–H and O–H groups in total. The molecule has 216 valence electrons. The van der Waals surface area contributed by atoms with Crippen molar-refractivity contribution in [3.05, 3.63) is 71.0 Å². The summed E-state index contributed by atoms with van der Waals surface area (Å²) < 4.78 is 13.2. The van der Waals surface area contributed by atoms with E-state index in [0.717, 1.165) is 57.3 Å². The molecule has 1 amide bonds. The highest BCUT2D eigenvalue weighted by Gasteiger charge is 2.55. The predicted molar refractivity (Wildman–Crippen MR) is 153 cm³/mol. The number of nitrogens with zero attached hydrogens (tertiary/aromatic N) is 3. The van der Waals surface area contributed by atoms with E-state index in [1.165, 1.54) is 43.5 Å². The van der Waals surface area contributed by atoms with E-state index < -0.39 is 11.5 Å². The lowest BCUT2D eigenvalue weighted by Crippen LogP contribution is -2.59. The van der Waals surface area contributed by atoms with Crippen LogP contribution in [0.5, 0.6) is 0 Å². The molecule has 2 aromatic carbocycles. The van der Waals surface area contributed by atoms with Crippen molar-refractivity contribution < 1.29 is 23.9 Å². The third kappa shape index (κ3) is 6.56. The molecule has 2 heterocycles. The molecule has 2 saturated heterocycles. The number of likely N-dealkylation sites (tertiary alicyclic amines) is 1. The van der Waals surface area contributed by atoms with Crippen molar-refractivity contribution in [2.24, 2.45) is 0 Å². The van der Waals surface area contributed by atoms with Crippen LogP contribution in [0.15, 0.2) is 48.5 Å². The van der Waals surface area contributed by atoms with Crippen LogP contribution in [0.2, 0.25) is 0 Å². The van der Waals surface area contributed by atoms with Gasteiger partial charge in [0.2, 0.25) is 5.91 Å². The number of carbonyl (C=O) groups is 3. The van der Waals surface area contributed by atoms with Gasteiger partial charge in [-0.05, 0) is 80.6 Å². The number of rotatable bonds is 9. The van der Waals surface area contributed by atoms with Gasteiger partial charge in [0, 0.05) is 37.7 Å². The van der Waals surface area contributed by atoms with Crippen LogP contribution in [-0.4, -0.2) is 75.3 Å². The van der Waals surface area contributed by atoms with Crippen molar-refractivity contribution >= 4 is 30.1 Å². The van der Waals surface area contributed by atoms with Crippen LogP contribution in [0.25, 0.3) is 0 Å². The Labute approximate surface area is 241 Å². The third-order valence-corrected chi connectivity index (χ3v) is 8.85. The van der Waals surface area contributed by atoms with E-state index in [-0.39, 0.29) is 35.5 Å². The smallest absolute Gasteiger partial charge is 0.335 e. The minimum absolute atomic E-state index is 0. The van der Waals surface area contributed by atoms with Gasteiger partial charge in [0.25, 0.3) is 0 Å². The highest BCUT2D eigenvalue weighted by molar-refractivity contribution is 5.96. The summed E-state index contributed by atoms with van der Waals surface area (Å²) in [6, 6.07) is 13.0. The molecule has 5 rings (SSSR count). The first-order chi connectivity index (χ1) is 18.9. The summed E-state index contributed by atoms with van der Waals surface area (Å²) in [5, 5.41) is 9.39. The maximum atomic E-state index is 14.0. The molecule has 9 heteroatoms. The van der Waals surface area contributed by atoms with Gasteiger partial charge in [-0.25, -0.2) is 9.18 Å². The zero-order valence-corrected chi connectivity index (χ0v) is 23.7. The molecule has 2 aromatic rings. The number of carbonyl (C=O) groups excluding carboxylic acids is 2. The molecule has 0 aromatic heterocycles. The Hall–Kier alpha value is -2.81. The molecule has 0 unspecified atom stereocenters. The molecular weight excluding hydrogens is 533 g/mol. The van der Waals surface area contributed by atoms with Crippen LogP contribution >= 0.6 is 12.4 Å². The van der Waals surface area contributed by atoms with Gasteiger partial charge in [-0.3, -0.25) is 14.5 Å². The third-order valence-electron chi connectivity index (χ3n) is 8.85. The van der Waals surface area contributed by atoms with Crippen molar-refractivity contribution in [1.29, 1.82) is 0 Å². The van der Waals surface area contributed by atoms with Gasteiger partial charge in [-0.1, -0.05) is 31.4 Å². The second-order valence-electron chi connectivity index (χ2n) is 11.3. The number of piperidine rings is 1. The monoisotopic (exact) mass is 571 g/mol. The first kappa shape index (κ1) is 30.2. The van der Waals surface area contributed by atoms with Crippen molar-refractivity contribution in [3.8, 4) is 0 Å². The summed E-state index contributed by atoms with van der Waals surface area (Å²) in [6.45, 7) is 3.42. The number of hydrogen-bond donors (Lipinski definition) is 1. The van der Waals surface area contributed by atoms with Crippen LogP contribution < -0.4 is 0 Å². The molecule has 7 nitrogen and oxygen atoms in total. The number of amides is 1. The van der Waals surface area contributed by atoms with Gasteiger partial charge >= 0.3 is 5.97 Å². The Bertz CT molecular complexity index is 1190. The maximum absolute atomic E-state index is 14.0. The van der Waals surface area contributed by atoms with Crippen LogP contribution in [0.1, 0.15) is 84.1 Å². The van der Waals surface area contributed by atoms with Crippen molar-refractivity contribution in [2.75, 3.05) is 26.3 Å². The topological polar surface area (TPSA) is 81.2 Å². The van der Waals surface area contributed by atoms with E-state index in [1.807, 2.05) is 11.0 Å². The summed E-state index contributed by atoms with van der Waals surface area (Å²) >= 11 is 0. The fraction of sp³-hybridized carbons (Fsp3) is 0.516. The van der Waals surface area contributed by atoms with Gasteiger partial charge in [0.15, 0.2) is 5.78 Å². The van der Waals surface area contributed by atoms with Crippen LogP contribution in [0.3, 0.4) is 0 Å². The lowest BCUT2D eigenvalue weighted by molar-refractivity contribution is -0.137. The van der Waals surface area contributed by atoms with Crippen LogP contribution in [0, 0.1) is 5.82 Å². The zero-order valence-electron chi connectivity index (χ0n) is 22.9. The molecule has 3 aliphatic rings. The Morgan fingerprint density at radius 1 is 0.975 bits per heavy atom. The maximum Gasteiger partial charge on any atom is 0.335 e. The second kappa shape index (κ2) is 13.2. The van der Waals surface area contributed by atoms with Gasteiger partial charge in [-0.15, -0.1) is 12.4 Å². The number of hydrogen-bond acceptors (Lipinski definition) is 5. The Morgan fingerprint density at radius 3 is 2.35 bits per heavy atom. The van der Waals surface area contributed by atoms with E-state index in [2.05, 4.69) is 9.80 Å². The van der Waals surface area contributed by atoms with Gasteiger partial charge in [0.1, 0.15) is 11.4 Å². The molecular formula is C31H39ClFN3O4. The Balaban J connectivity index is 0.00000370. The van der Waals surface area contributed by atoms with Gasteiger partial charge in [0.05, 0.1) is 12.2 Å². The fourth-order valence-corrected chi connectivity index (χ4v) is 6.69. The SMILES string of the molecule is Cl.O=C(O)c1cccc(CN2CN(C3CCCCC3)C3(CCN(CCCC(=O)c4ccc(F)cc4)CC3)C2=O)c1. The Morgan fingerprint density at radius 2 is 1.68 bits per heavy atom. The number of ketones is 1. The molecule has 0 bridgehead atoms. The summed E-state index contributed by atoms with van der Waals surface area (Å²) in [5.74, 6) is -1.11. The van der Waals surface area contributed by atoms with Crippen molar-refractivity contribution in [2.45, 2.75) is 75.9 Å². The molecule has 0 radical (unpaired) electrons. The number of carboxylic acid groups (broad SMARTS) is 1. The molecule has 1 saturated carbocycles. The molecule has 1 spiro atoms. The number of halogens is 2. The molecule has 40 heavy (non-hydrogen) atoms. The average Bonchev–Trinajstić information content (AvgIpc) is 3.21. The largest absolute Gasteiger partial charge is 0.478 e. The number of carboxylic acids is 1. The summed E-state index contributed by atoms with van der Waals surface area (Å²) in [6.07, 6.45) is 8.56. The Kier molecular flexibility index (Phi) is 9.98.